The summed E-state index contributed by atoms with van der Waals surface area (Å²) >= 11 is 6.01. The Morgan fingerprint density at radius 3 is 2.51 bits per heavy atom. The van der Waals surface area contributed by atoms with E-state index in [-0.39, 0.29) is 31.4 Å². The number of furan rings is 1. The molecule has 1 atom stereocenters. The van der Waals surface area contributed by atoms with E-state index in [1.165, 1.54) is 0 Å². The van der Waals surface area contributed by atoms with Crippen molar-refractivity contribution in [2.75, 3.05) is 6.54 Å². The van der Waals surface area contributed by atoms with E-state index in [0.717, 1.165) is 16.5 Å². The lowest BCUT2D eigenvalue weighted by atomic mass is 9.99. The van der Waals surface area contributed by atoms with Gasteiger partial charge in [0, 0.05) is 34.0 Å². The quantitative estimate of drug-likeness (QED) is 0.191. The summed E-state index contributed by atoms with van der Waals surface area (Å²) in [5, 5.41) is 16.2. The average molecular weight is 526 g/mol. The third-order valence-electron chi connectivity index (χ3n) is 6.08. The van der Waals surface area contributed by atoms with Crippen LogP contribution in [-0.2, 0) is 16.0 Å². The average Bonchev–Trinajstić information content (AvgIpc) is 3.25. The van der Waals surface area contributed by atoms with Crippen molar-refractivity contribution in [2.24, 2.45) is 5.73 Å². The smallest absolute Gasteiger partial charge is 0.340 e. The van der Waals surface area contributed by atoms with Gasteiger partial charge in [-0.25, -0.2) is 14.4 Å². The number of rotatable bonds is 9. The fourth-order valence-electron chi connectivity index (χ4n) is 4.15. The Hall–Kier alpha value is -4.31. The SMILES string of the molecule is Cc1c(CC(=O)N[C@@H](CCCNC(N)=O)C(=O)O)c(=O)oc2cc3occ(-c4ccc(Cl)cc4)c3cc12. The van der Waals surface area contributed by atoms with Crippen molar-refractivity contribution in [3.05, 3.63) is 69.2 Å². The second-order valence-corrected chi connectivity index (χ2v) is 9.00. The number of hydrogen-bond donors (Lipinski definition) is 4. The molecule has 2 heterocycles. The Balaban J connectivity index is 1.60. The first-order chi connectivity index (χ1) is 17.6. The van der Waals surface area contributed by atoms with E-state index in [1.807, 2.05) is 18.2 Å². The lowest BCUT2D eigenvalue weighted by molar-refractivity contribution is -0.141. The topological polar surface area (TPSA) is 165 Å². The summed E-state index contributed by atoms with van der Waals surface area (Å²) in [6, 6.07) is 8.84. The summed E-state index contributed by atoms with van der Waals surface area (Å²) < 4.78 is 11.2. The predicted octanol–water partition coefficient (Wildman–Crippen LogP) is 3.73. The molecule has 4 aromatic rings. The zero-order valence-corrected chi connectivity index (χ0v) is 20.6. The molecule has 10 nitrogen and oxygen atoms in total. The number of halogens is 1. The van der Waals surface area contributed by atoms with Crippen LogP contribution in [0, 0.1) is 6.92 Å². The Kier molecular flexibility index (Phi) is 7.49. The molecule has 0 saturated carbocycles. The number of carbonyl (C=O) groups excluding carboxylic acids is 2. The highest BCUT2D eigenvalue weighted by molar-refractivity contribution is 6.30. The number of nitrogens with one attached hydrogen (secondary N) is 2. The Morgan fingerprint density at radius 2 is 1.84 bits per heavy atom. The third-order valence-corrected chi connectivity index (χ3v) is 6.33. The molecule has 4 rings (SSSR count). The van der Waals surface area contributed by atoms with Gasteiger partial charge in [-0.05, 0) is 49.1 Å². The molecule has 0 fully saturated rings. The fraction of sp³-hybridized carbons (Fsp3) is 0.231. The number of aryl methyl sites for hydroxylation is 1. The first kappa shape index (κ1) is 25.8. The molecule has 11 heteroatoms. The minimum Gasteiger partial charge on any atom is -0.480 e. The van der Waals surface area contributed by atoms with Crippen LogP contribution in [0.2, 0.25) is 5.02 Å². The Labute approximate surface area is 215 Å². The van der Waals surface area contributed by atoms with Crippen molar-refractivity contribution in [2.45, 2.75) is 32.2 Å². The number of hydrogen-bond acceptors (Lipinski definition) is 6. The summed E-state index contributed by atoms with van der Waals surface area (Å²) in [6.45, 7) is 1.88. The largest absolute Gasteiger partial charge is 0.480 e. The van der Waals surface area contributed by atoms with Crippen molar-refractivity contribution in [3.8, 4) is 11.1 Å². The molecule has 0 aliphatic heterocycles. The second kappa shape index (κ2) is 10.8. The Morgan fingerprint density at radius 1 is 1.11 bits per heavy atom. The zero-order valence-electron chi connectivity index (χ0n) is 19.8. The molecule has 0 aliphatic rings. The number of urea groups is 1. The zero-order chi connectivity index (χ0) is 26.7. The number of fused-ring (bicyclic) bond motifs is 2. The molecule has 5 N–H and O–H groups in total. The molecule has 0 spiro atoms. The maximum atomic E-state index is 12.7. The summed E-state index contributed by atoms with van der Waals surface area (Å²) in [5.74, 6) is -1.87. The molecule has 0 aliphatic carbocycles. The lowest BCUT2D eigenvalue weighted by Gasteiger charge is -2.15. The van der Waals surface area contributed by atoms with Gasteiger partial charge in [0.1, 0.15) is 17.2 Å². The van der Waals surface area contributed by atoms with Gasteiger partial charge < -0.3 is 30.3 Å². The highest BCUT2D eigenvalue weighted by Crippen LogP contribution is 2.35. The van der Waals surface area contributed by atoms with Crippen LogP contribution in [0.3, 0.4) is 0 Å². The minimum absolute atomic E-state index is 0.0681. The van der Waals surface area contributed by atoms with Gasteiger partial charge in [-0.2, -0.15) is 0 Å². The molecule has 3 amide bonds. The van der Waals surface area contributed by atoms with E-state index in [9.17, 15) is 24.3 Å². The fourth-order valence-corrected chi connectivity index (χ4v) is 4.27. The first-order valence-electron chi connectivity index (χ1n) is 11.4. The molecule has 37 heavy (non-hydrogen) atoms. The van der Waals surface area contributed by atoms with Crippen molar-refractivity contribution in [3.63, 3.8) is 0 Å². The summed E-state index contributed by atoms with van der Waals surface area (Å²) in [5.41, 5.74) is 7.52. The summed E-state index contributed by atoms with van der Waals surface area (Å²) in [7, 11) is 0. The van der Waals surface area contributed by atoms with Gasteiger partial charge in [0.25, 0.3) is 0 Å². The lowest BCUT2D eigenvalue weighted by Crippen LogP contribution is -2.42. The molecular weight excluding hydrogens is 502 g/mol. The van der Waals surface area contributed by atoms with E-state index >= 15 is 0 Å². The molecule has 0 saturated heterocycles. The molecule has 2 aromatic heterocycles. The van der Waals surface area contributed by atoms with Crippen molar-refractivity contribution in [1.82, 2.24) is 10.6 Å². The van der Waals surface area contributed by atoms with Crippen LogP contribution in [0.4, 0.5) is 4.79 Å². The molecule has 0 radical (unpaired) electrons. The number of primary amides is 1. The Bertz CT molecular complexity index is 1560. The number of carboxylic acid groups (broad SMARTS) is 1. The number of benzene rings is 2. The van der Waals surface area contributed by atoms with Crippen LogP contribution >= 0.6 is 11.6 Å². The summed E-state index contributed by atoms with van der Waals surface area (Å²) in [6.07, 6.45) is 1.60. The van der Waals surface area contributed by atoms with E-state index in [1.54, 1.807) is 31.4 Å². The number of aliphatic carboxylic acids is 1. The monoisotopic (exact) mass is 525 g/mol. The molecule has 0 bridgehead atoms. The number of carboxylic acids is 1. The van der Waals surface area contributed by atoms with Gasteiger partial charge in [0.15, 0.2) is 0 Å². The van der Waals surface area contributed by atoms with E-state index in [2.05, 4.69) is 10.6 Å². The number of carbonyl (C=O) groups is 3. The van der Waals surface area contributed by atoms with E-state index < -0.39 is 29.6 Å². The van der Waals surface area contributed by atoms with Crippen molar-refractivity contribution in [1.29, 1.82) is 0 Å². The van der Waals surface area contributed by atoms with Crippen LogP contribution in [0.1, 0.15) is 24.0 Å². The first-order valence-corrected chi connectivity index (χ1v) is 11.8. The van der Waals surface area contributed by atoms with Gasteiger partial charge in [-0.1, -0.05) is 23.7 Å². The van der Waals surface area contributed by atoms with E-state index in [4.69, 9.17) is 26.2 Å². The van der Waals surface area contributed by atoms with Crippen LogP contribution < -0.4 is 22.0 Å². The van der Waals surface area contributed by atoms with Crippen molar-refractivity contribution < 1.29 is 28.3 Å². The molecule has 0 unspecified atom stereocenters. The normalized spacial score (nSPS) is 11.9. The van der Waals surface area contributed by atoms with Crippen LogP contribution in [0.5, 0.6) is 0 Å². The predicted molar refractivity (Wildman–Crippen MR) is 138 cm³/mol. The van der Waals surface area contributed by atoms with Gasteiger partial charge in [0.2, 0.25) is 5.91 Å². The highest BCUT2D eigenvalue weighted by Gasteiger charge is 2.22. The third kappa shape index (κ3) is 5.75. The van der Waals surface area contributed by atoms with E-state index in [0.29, 0.717) is 27.1 Å². The van der Waals surface area contributed by atoms with Crippen molar-refractivity contribution >= 4 is 51.4 Å². The summed E-state index contributed by atoms with van der Waals surface area (Å²) in [4.78, 5) is 47.7. The minimum atomic E-state index is -1.23. The standard InChI is InChI=1S/C26H24ClN3O7/c1-13-16-9-18-19(14-4-6-15(27)7-5-14)12-36-21(18)11-22(16)37-25(34)17(13)10-23(31)30-20(24(32)33)3-2-8-29-26(28)35/h4-7,9,11-12,20H,2-3,8,10H2,1H3,(H,30,31)(H,32,33)(H3,28,29,35)/t20-/m0/s1. The highest BCUT2D eigenvalue weighted by atomic mass is 35.5. The number of nitrogens with two attached hydrogens (primary N) is 1. The van der Waals surface area contributed by atoms with Gasteiger partial charge >= 0.3 is 17.6 Å². The molecule has 192 valence electrons. The van der Waals surface area contributed by atoms with Crippen LogP contribution in [-0.4, -0.2) is 35.6 Å². The second-order valence-electron chi connectivity index (χ2n) is 8.56. The van der Waals surface area contributed by atoms with Gasteiger partial charge in [-0.3, -0.25) is 4.79 Å². The maximum absolute atomic E-state index is 12.7. The molecule has 2 aromatic carbocycles. The number of amides is 3. The van der Waals surface area contributed by atoms with Gasteiger partial charge in [0.05, 0.1) is 18.2 Å². The van der Waals surface area contributed by atoms with Crippen LogP contribution in [0.25, 0.3) is 33.1 Å². The van der Waals surface area contributed by atoms with Crippen LogP contribution in [0.15, 0.2) is 56.3 Å². The maximum Gasteiger partial charge on any atom is 0.340 e. The van der Waals surface area contributed by atoms with Gasteiger partial charge in [-0.15, -0.1) is 0 Å². The molecular formula is C26H24ClN3O7.